The fourth-order valence-electron chi connectivity index (χ4n) is 4.57. The molecule has 0 fully saturated rings. The molecule has 5 aromatic rings. The third-order valence-corrected chi connectivity index (χ3v) is 6.25. The lowest BCUT2D eigenvalue weighted by atomic mass is 9.87. The highest BCUT2D eigenvalue weighted by Crippen LogP contribution is 2.43. The molecule has 0 bridgehead atoms. The molecule has 3 heteroatoms. The summed E-state index contributed by atoms with van der Waals surface area (Å²) in [4.78, 5) is 9.48. The summed E-state index contributed by atoms with van der Waals surface area (Å²) < 4.78 is 0. The second-order valence-corrected chi connectivity index (χ2v) is 8.44. The van der Waals surface area contributed by atoms with Gasteiger partial charge >= 0.3 is 0 Å². The molecule has 33 heavy (non-hydrogen) atoms. The van der Waals surface area contributed by atoms with Gasteiger partial charge in [0, 0.05) is 5.56 Å². The zero-order valence-corrected chi connectivity index (χ0v) is 18.4. The van der Waals surface area contributed by atoms with Crippen molar-refractivity contribution in [1.29, 1.82) is 0 Å². The summed E-state index contributed by atoms with van der Waals surface area (Å²) in [5.74, 6) is 0.831. The van der Waals surface area contributed by atoms with Crippen molar-refractivity contribution >= 4 is 5.82 Å². The smallest absolute Gasteiger partial charge is 0.153 e. The van der Waals surface area contributed by atoms with Gasteiger partial charge in [-0.05, 0) is 46.4 Å². The monoisotopic (exact) mass is 425 g/mol. The van der Waals surface area contributed by atoms with E-state index >= 15 is 0 Å². The molecule has 1 aliphatic heterocycles. The van der Waals surface area contributed by atoms with Gasteiger partial charge in [-0.15, -0.1) is 0 Å². The number of nitrogens with one attached hydrogen (secondary N) is 1. The standard InChI is InChI=1S/C30H23N3/c1-20-19-31-30-29(32-20)26-17-16-25(22-10-6-3-7-11-22)18-27(26)28(33-30)24-14-12-23(13-15-24)21-8-4-2-5-9-21/h2-19,28H,1H3,(H,31,33). The molecule has 1 atom stereocenters. The van der Waals surface area contributed by atoms with Crippen LogP contribution in [0.15, 0.2) is 109 Å². The average molecular weight is 426 g/mol. The van der Waals surface area contributed by atoms with Crippen molar-refractivity contribution in [3.63, 3.8) is 0 Å². The Kier molecular flexibility index (Phi) is 4.73. The van der Waals surface area contributed by atoms with Crippen LogP contribution in [0, 0.1) is 6.92 Å². The minimum atomic E-state index is -0.00186. The van der Waals surface area contributed by atoms with Crippen molar-refractivity contribution in [2.75, 3.05) is 5.32 Å². The molecule has 0 amide bonds. The fraction of sp³-hybridized carbons (Fsp3) is 0.0667. The van der Waals surface area contributed by atoms with Gasteiger partial charge in [-0.25, -0.2) is 9.97 Å². The van der Waals surface area contributed by atoms with Crippen LogP contribution >= 0.6 is 0 Å². The van der Waals surface area contributed by atoms with E-state index in [2.05, 4.69) is 107 Å². The highest BCUT2D eigenvalue weighted by molar-refractivity contribution is 5.82. The number of hydrogen-bond donors (Lipinski definition) is 1. The molecule has 3 nitrogen and oxygen atoms in total. The third kappa shape index (κ3) is 3.58. The van der Waals surface area contributed by atoms with Gasteiger partial charge in [0.05, 0.1) is 17.9 Å². The van der Waals surface area contributed by atoms with Crippen molar-refractivity contribution in [2.45, 2.75) is 13.0 Å². The molecule has 4 aromatic carbocycles. The van der Waals surface area contributed by atoms with E-state index < -0.39 is 0 Å². The maximum Gasteiger partial charge on any atom is 0.153 e. The number of nitrogens with zero attached hydrogens (tertiary/aromatic N) is 2. The Hall–Kier alpha value is -4.24. The maximum atomic E-state index is 4.81. The summed E-state index contributed by atoms with van der Waals surface area (Å²) in [7, 11) is 0. The predicted octanol–water partition coefficient (Wildman–Crippen LogP) is 7.30. The summed E-state index contributed by atoms with van der Waals surface area (Å²) in [6.07, 6.45) is 1.82. The van der Waals surface area contributed by atoms with Gasteiger partial charge in [0.2, 0.25) is 0 Å². The number of aromatic nitrogens is 2. The molecule has 2 heterocycles. The molecule has 1 aromatic heterocycles. The molecule has 0 saturated carbocycles. The van der Waals surface area contributed by atoms with Crippen LogP contribution in [-0.4, -0.2) is 9.97 Å². The van der Waals surface area contributed by atoms with Gasteiger partial charge in [0.15, 0.2) is 5.82 Å². The fourth-order valence-corrected chi connectivity index (χ4v) is 4.57. The van der Waals surface area contributed by atoms with Crippen LogP contribution in [-0.2, 0) is 0 Å². The van der Waals surface area contributed by atoms with Gasteiger partial charge < -0.3 is 5.32 Å². The Morgan fingerprint density at radius 1 is 0.667 bits per heavy atom. The first-order valence-corrected chi connectivity index (χ1v) is 11.2. The number of fused-ring (bicyclic) bond motifs is 3. The summed E-state index contributed by atoms with van der Waals surface area (Å²) in [5.41, 5.74) is 10.2. The Bertz CT molecular complexity index is 1430. The Balaban J connectivity index is 1.47. The molecule has 0 aliphatic carbocycles. The van der Waals surface area contributed by atoms with Gasteiger partial charge in [-0.3, -0.25) is 0 Å². The highest BCUT2D eigenvalue weighted by atomic mass is 15.1. The SMILES string of the molecule is Cc1cnc2c(n1)-c1ccc(-c3ccccc3)cc1C(c1ccc(-c3ccccc3)cc1)N2. The van der Waals surface area contributed by atoms with Crippen molar-refractivity contribution < 1.29 is 0 Å². The van der Waals surface area contributed by atoms with Crippen LogP contribution < -0.4 is 5.32 Å². The molecule has 1 N–H and O–H groups in total. The zero-order chi connectivity index (χ0) is 22.2. The first-order valence-electron chi connectivity index (χ1n) is 11.2. The molecule has 1 aliphatic rings. The second kappa shape index (κ2) is 8.03. The Morgan fingerprint density at radius 2 is 1.27 bits per heavy atom. The molecule has 6 rings (SSSR count). The van der Waals surface area contributed by atoms with Crippen molar-refractivity contribution in [1.82, 2.24) is 9.97 Å². The Morgan fingerprint density at radius 3 is 1.97 bits per heavy atom. The van der Waals surface area contributed by atoms with E-state index in [-0.39, 0.29) is 6.04 Å². The molecular weight excluding hydrogens is 402 g/mol. The summed E-state index contributed by atoms with van der Waals surface area (Å²) >= 11 is 0. The third-order valence-electron chi connectivity index (χ3n) is 6.25. The minimum absolute atomic E-state index is 0.00186. The first-order chi connectivity index (χ1) is 16.3. The summed E-state index contributed by atoms with van der Waals surface area (Å²) in [6, 6.07) is 36.5. The number of rotatable bonds is 3. The van der Waals surface area contributed by atoms with E-state index in [1.54, 1.807) is 0 Å². The predicted molar refractivity (Wildman–Crippen MR) is 135 cm³/mol. The lowest BCUT2D eigenvalue weighted by Crippen LogP contribution is -2.20. The minimum Gasteiger partial charge on any atom is -0.357 e. The van der Waals surface area contributed by atoms with Crippen LogP contribution in [0.1, 0.15) is 22.9 Å². The molecular formula is C30H23N3. The average Bonchev–Trinajstić information content (AvgIpc) is 2.89. The van der Waals surface area contributed by atoms with Crippen LogP contribution in [0.2, 0.25) is 0 Å². The number of hydrogen-bond acceptors (Lipinski definition) is 3. The van der Waals surface area contributed by atoms with Crippen molar-refractivity contribution in [3.8, 4) is 33.5 Å². The number of aryl methyl sites for hydroxylation is 1. The van der Waals surface area contributed by atoms with Crippen LogP contribution in [0.25, 0.3) is 33.5 Å². The van der Waals surface area contributed by atoms with Gasteiger partial charge in [-0.2, -0.15) is 0 Å². The summed E-state index contributed by atoms with van der Waals surface area (Å²) in [5, 5.41) is 3.66. The number of anilines is 1. The van der Waals surface area contributed by atoms with Crippen LogP contribution in [0.4, 0.5) is 5.82 Å². The van der Waals surface area contributed by atoms with E-state index in [4.69, 9.17) is 4.98 Å². The van der Waals surface area contributed by atoms with E-state index in [9.17, 15) is 0 Å². The quantitative estimate of drug-likeness (QED) is 0.329. The maximum absolute atomic E-state index is 4.81. The molecule has 0 radical (unpaired) electrons. The van der Waals surface area contributed by atoms with Crippen LogP contribution in [0.5, 0.6) is 0 Å². The van der Waals surface area contributed by atoms with Gasteiger partial charge in [-0.1, -0.05) is 97.1 Å². The lowest BCUT2D eigenvalue weighted by Gasteiger charge is -2.29. The van der Waals surface area contributed by atoms with Crippen molar-refractivity contribution in [2.24, 2.45) is 0 Å². The molecule has 0 spiro atoms. The normalized spacial score (nSPS) is 14.2. The Labute approximate surface area is 193 Å². The van der Waals surface area contributed by atoms with Crippen molar-refractivity contribution in [3.05, 3.63) is 126 Å². The molecule has 1 unspecified atom stereocenters. The van der Waals surface area contributed by atoms with E-state index in [0.717, 1.165) is 22.8 Å². The second-order valence-electron chi connectivity index (χ2n) is 8.44. The summed E-state index contributed by atoms with van der Waals surface area (Å²) in [6.45, 7) is 1.99. The number of benzene rings is 4. The van der Waals surface area contributed by atoms with E-state index in [1.807, 2.05) is 19.2 Å². The lowest BCUT2D eigenvalue weighted by molar-refractivity contribution is 0.902. The van der Waals surface area contributed by atoms with Gasteiger partial charge in [0.1, 0.15) is 5.69 Å². The van der Waals surface area contributed by atoms with Crippen LogP contribution in [0.3, 0.4) is 0 Å². The van der Waals surface area contributed by atoms with Gasteiger partial charge in [0.25, 0.3) is 0 Å². The topological polar surface area (TPSA) is 37.8 Å². The van der Waals surface area contributed by atoms with E-state index in [0.29, 0.717) is 0 Å². The van der Waals surface area contributed by atoms with E-state index in [1.165, 1.54) is 33.4 Å². The first kappa shape index (κ1) is 19.4. The largest absolute Gasteiger partial charge is 0.357 e. The zero-order valence-electron chi connectivity index (χ0n) is 18.4. The molecule has 158 valence electrons. The molecule has 0 saturated heterocycles. The highest BCUT2D eigenvalue weighted by Gasteiger charge is 2.28.